The van der Waals surface area contributed by atoms with Crippen molar-refractivity contribution in [2.24, 2.45) is 0 Å². The van der Waals surface area contributed by atoms with Gasteiger partial charge in [-0.2, -0.15) is 4.31 Å². The SMILES string of the molecule is CC(C)Oc1cccc(C(=[NH2+])c2cc(N3CCN(S(C)(=O)=O)CC3)ncn2)c1. The van der Waals surface area contributed by atoms with Crippen LogP contribution < -0.4 is 15.0 Å². The molecule has 150 valence electrons. The van der Waals surface area contributed by atoms with Crippen LogP contribution in [0.25, 0.3) is 0 Å². The summed E-state index contributed by atoms with van der Waals surface area (Å²) in [5, 5.41) is 6.36. The molecule has 2 heterocycles. The van der Waals surface area contributed by atoms with Crippen LogP contribution in [0.15, 0.2) is 36.7 Å². The fourth-order valence-corrected chi connectivity index (χ4v) is 3.90. The smallest absolute Gasteiger partial charge is 0.230 e. The molecule has 1 aliphatic rings. The number of nitrogens with zero attached hydrogens (tertiary/aromatic N) is 4. The molecule has 0 amide bonds. The van der Waals surface area contributed by atoms with Crippen molar-refractivity contribution in [2.75, 3.05) is 37.3 Å². The Morgan fingerprint density at radius 3 is 2.50 bits per heavy atom. The number of piperazine rings is 1. The molecule has 0 saturated carbocycles. The van der Waals surface area contributed by atoms with E-state index >= 15 is 0 Å². The van der Waals surface area contributed by atoms with Crippen molar-refractivity contribution in [3.63, 3.8) is 0 Å². The zero-order chi connectivity index (χ0) is 20.3. The maximum atomic E-state index is 11.7. The number of rotatable bonds is 6. The van der Waals surface area contributed by atoms with E-state index < -0.39 is 10.0 Å². The Kier molecular flexibility index (Phi) is 5.95. The first kappa shape index (κ1) is 20.2. The van der Waals surface area contributed by atoms with Crippen molar-refractivity contribution in [1.82, 2.24) is 14.3 Å². The predicted molar refractivity (Wildman–Crippen MR) is 108 cm³/mol. The first-order chi connectivity index (χ1) is 13.2. The standard InChI is InChI=1S/C19H25N5O3S/c1-14(2)27-16-6-4-5-15(11-16)19(20)17-12-18(22-13-21-17)23-7-9-24(10-8-23)28(3,25)26/h4-6,11-14,20H,7-10H2,1-3H3/p+1. The Bertz CT molecular complexity index is 954. The van der Waals surface area contributed by atoms with Crippen LogP contribution in [-0.2, 0) is 10.0 Å². The zero-order valence-electron chi connectivity index (χ0n) is 16.4. The third-order valence-corrected chi connectivity index (χ3v) is 5.78. The predicted octanol–water partition coefficient (Wildman–Crippen LogP) is -0.0581. The Labute approximate surface area is 165 Å². The zero-order valence-corrected chi connectivity index (χ0v) is 17.2. The molecule has 0 radical (unpaired) electrons. The second kappa shape index (κ2) is 8.24. The molecular formula is C19H26N5O3S+. The van der Waals surface area contributed by atoms with E-state index in [-0.39, 0.29) is 6.10 Å². The van der Waals surface area contributed by atoms with Gasteiger partial charge in [-0.3, -0.25) is 5.41 Å². The first-order valence-electron chi connectivity index (χ1n) is 9.16. The van der Waals surface area contributed by atoms with Gasteiger partial charge in [-0.15, -0.1) is 0 Å². The lowest BCUT2D eigenvalue weighted by Crippen LogP contribution is -2.48. The number of benzene rings is 1. The van der Waals surface area contributed by atoms with Gasteiger partial charge in [-0.05, 0) is 32.0 Å². The van der Waals surface area contributed by atoms with Crippen molar-refractivity contribution in [2.45, 2.75) is 20.0 Å². The number of sulfonamides is 1. The van der Waals surface area contributed by atoms with E-state index in [1.54, 1.807) is 0 Å². The van der Waals surface area contributed by atoms with Crippen LogP contribution >= 0.6 is 0 Å². The third kappa shape index (κ3) is 4.85. The van der Waals surface area contributed by atoms with Crippen LogP contribution in [0, 0.1) is 0 Å². The van der Waals surface area contributed by atoms with Crippen LogP contribution in [-0.4, -0.2) is 66.9 Å². The van der Waals surface area contributed by atoms with Crippen molar-refractivity contribution < 1.29 is 18.6 Å². The van der Waals surface area contributed by atoms with E-state index in [4.69, 9.17) is 10.1 Å². The fraction of sp³-hybridized carbons (Fsp3) is 0.421. The minimum atomic E-state index is -3.16. The largest absolute Gasteiger partial charge is 0.491 e. The monoisotopic (exact) mass is 404 g/mol. The Morgan fingerprint density at radius 1 is 1.14 bits per heavy atom. The van der Waals surface area contributed by atoms with Gasteiger partial charge in [0.1, 0.15) is 23.6 Å². The van der Waals surface area contributed by atoms with E-state index in [1.165, 1.54) is 16.9 Å². The molecule has 1 aromatic carbocycles. The lowest BCUT2D eigenvalue weighted by molar-refractivity contribution is -0.111. The van der Waals surface area contributed by atoms with Gasteiger partial charge in [0.25, 0.3) is 0 Å². The van der Waals surface area contributed by atoms with Crippen molar-refractivity contribution >= 4 is 21.6 Å². The quantitative estimate of drug-likeness (QED) is 0.677. The molecule has 0 atom stereocenters. The van der Waals surface area contributed by atoms with E-state index in [0.717, 1.165) is 17.1 Å². The normalized spacial score (nSPS) is 15.6. The minimum Gasteiger partial charge on any atom is -0.491 e. The van der Waals surface area contributed by atoms with Crippen LogP contribution in [0.4, 0.5) is 5.82 Å². The Morgan fingerprint density at radius 2 is 1.86 bits per heavy atom. The molecule has 1 aromatic heterocycles. The molecule has 2 N–H and O–H groups in total. The molecule has 28 heavy (non-hydrogen) atoms. The van der Waals surface area contributed by atoms with E-state index in [2.05, 4.69) is 9.97 Å². The summed E-state index contributed by atoms with van der Waals surface area (Å²) in [6.45, 7) is 5.96. The van der Waals surface area contributed by atoms with Gasteiger partial charge in [0.15, 0.2) is 0 Å². The number of hydrogen-bond acceptors (Lipinski definition) is 6. The fourth-order valence-electron chi connectivity index (χ4n) is 3.07. The summed E-state index contributed by atoms with van der Waals surface area (Å²) >= 11 is 0. The Hall–Kier alpha value is -2.52. The lowest BCUT2D eigenvalue weighted by atomic mass is 10.1. The summed E-state index contributed by atoms with van der Waals surface area (Å²) < 4.78 is 30.6. The molecule has 3 rings (SSSR count). The molecule has 1 saturated heterocycles. The Balaban J connectivity index is 1.76. The molecular weight excluding hydrogens is 378 g/mol. The molecule has 0 unspecified atom stereocenters. The average Bonchev–Trinajstić information content (AvgIpc) is 2.66. The van der Waals surface area contributed by atoms with Gasteiger partial charge in [0, 0.05) is 32.2 Å². The maximum absolute atomic E-state index is 11.7. The molecule has 8 nitrogen and oxygen atoms in total. The van der Waals surface area contributed by atoms with E-state index in [9.17, 15) is 8.42 Å². The van der Waals surface area contributed by atoms with Crippen molar-refractivity contribution in [3.8, 4) is 5.75 Å². The highest BCUT2D eigenvalue weighted by atomic mass is 32.2. The second-order valence-electron chi connectivity index (χ2n) is 7.02. The molecule has 0 bridgehead atoms. The van der Waals surface area contributed by atoms with Crippen molar-refractivity contribution in [3.05, 3.63) is 47.9 Å². The summed E-state index contributed by atoms with van der Waals surface area (Å²) in [6, 6.07) is 9.43. The third-order valence-electron chi connectivity index (χ3n) is 4.48. The topological polar surface area (TPSA) is 101 Å². The van der Waals surface area contributed by atoms with Gasteiger partial charge in [-0.1, -0.05) is 6.07 Å². The lowest BCUT2D eigenvalue weighted by Gasteiger charge is -2.33. The summed E-state index contributed by atoms with van der Waals surface area (Å²) in [6.07, 6.45) is 2.79. The van der Waals surface area contributed by atoms with Crippen LogP contribution in [0.2, 0.25) is 0 Å². The van der Waals surface area contributed by atoms with Gasteiger partial charge >= 0.3 is 0 Å². The van der Waals surface area contributed by atoms with Gasteiger partial charge in [0.2, 0.25) is 15.7 Å². The highest BCUT2D eigenvalue weighted by molar-refractivity contribution is 7.88. The maximum Gasteiger partial charge on any atom is 0.230 e. The van der Waals surface area contributed by atoms with Crippen LogP contribution in [0.1, 0.15) is 25.1 Å². The van der Waals surface area contributed by atoms with E-state index in [0.29, 0.717) is 37.6 Å². The number of ether oxygens (including phenoxy) is 1. The number of nitrogens with two attached hydrogens (primary N) is 1. The van der Waals surface area contributed by atoms with Crippen LogP contribution in [0.5, 0.6) is 5.75 Å². The minimum absolute atomic E-state index is 0.0766. The van der Waals surface area contributed by atoms with Gasteiger partial charge in [-0.25, -0.2) is 18.4 Å². The van der Waals surface area contributed by atoms with Crippen molar-refractivity contribution in [1.29, 1.82) is 0 Å². The van der Waals surface area contributed by atoms with Crippen LogP contribution in [0.3, 0.4) is 0 Å². The van der Waals surface area contributed by atoms with Gasteiger partial charge < -0.3 is 9.64 Å². The number of aromatic nitrogens is 2. The van der Waals surface area contributed by atoms with E-state index in [1.807, 2.05) is 49.1 Å². The molecule has 9 heteroatoms. The number of anilines is 1. The second-order valence-corrected chi connectivity index (χ2v) is 9.00. The summed E-state index contributed by atoms with van der Waals surface area (Å²) in [4.78, 5) is 10.7. The molecule has 2 aromatic rings. The highest BCUT2D eigenvalue weighted by Crippen LogP contribution is 2.19. The summed E-state index contributed by atoms with van der Waals surface area (Å²) in [5.74, 6) is 1.48. The average molecular weight is 405 g/mol. The molecule has 1 fully saturated rings. The summed E-state index contributed by atoms with van der Waals surface area (Å²) in [7, 11) is -3.16. The first-order valence-corrected chi connectivity index (χ1v) is 11.0. The summed E-state index contributed by atoms with van der Waals surface area (Å²) in [5.41, 5.74) is 1.98. The number of hydrogen-bond donors (Lipinski definition) is 1. The highest BCUT2D eigenvalue weighted by Gasteiger charge is 2.25. The molecule has 0 aliphatic carbocycles. The molecule has 1 aliphatic heterocycles. The van der Waals surface area contributed by atoms with Gasteiger partial charge in [0.05, 0.1) is 17.9 Å². The molecule has 0 spiro atoms.